The predicted molar refractivity (Wildman–Crippen MR) is 166 cm³/mol. The van der Waals surface area contributed by atoms with Crippen LogP contribution < -0.4 is 25.6 Å². The molecule has 44 heavy (non-hydrogen) atoms. The first kappa shape index (κ1) is 28.5. The van der Waals surface area contributed by atoms with Crippen molar-refractivity contribution in [2.24, 2.45) is 11.8 Å². The molecule has 3 unspecified atom stereocenters. The summed E-state index contributed by atoms with van der Waals surface area (Å²) in [6.45, 7) is 1.65. The Bertz CT molecular complexity index is 1580. The van der Waals surface area contributed by atoms with E-state index >= 15 is 0 Å². The van der Waals surface area contributed by atoms with Crippen molar-refractivity contribution in [3.63, 3.8) is 0 Å². The Labute approximate surface area is 260 Å². The number of hydrogen-bond donors (Lipinski definition) is 3. The molecule has 0 bridgehead atoms. The average Bonchev–Trinajstić information content (AvgIpc) is 3.79. The van der Waals surface area contributed by atoms with Crippen LogP contribution in [0.3, 0.4) is 0 Å². The zero-order valence-corrected chi connectivity index (χ0v) is 25.0. The van der Waals surface area contributed by atoms with E-state index in [-0.39, 0.29) is 46.8 Å². The van der Waals surface area contributed by atoms with Gasteiger partial charge in [0.2, 0.25) is 0 Å². The maximum absolute atomic E-state index is 13.7. The van der Waals surface area contributed by atoms with Crippen LogP contribution in [0.15, 0.2) is 76.8 Å². The first-order chi connectivity index (χ1) is 21.5. The van der Waals surface area contributed by atoms with Gasteiger partial charge >= 0.3 is 6.03 Å². The molecule has 4 aliphatic heterocycles. The fourth-order valence-corrected chi connectivity index (χ4v) is 8.00. The predicted octanol–water partition coefficient (Wildman–Crippen LogP) is 4.24. The number of para-hydroxylation sites is 1. The lowest BCUT2D eigenvalue weighted by Crippen LogP contribution is -2.62. The molecule has 5 aliphatic rings. The van der Waals surface area contributed by atoms with Crippen LogP contribution in [0.5, 0.6) is 11.5 Å². The van der Waals surface area contributed by atoms with E-state index in [1.807, 2.05) is 54.6 Å². The molecule has 1 aliphatic carbocycles. The number of hydrogen-bond acceptors (Lipinski definition) is 7. The normalized spacial score (nSPS) is 26.4. The van der Waals surface area contributed by atoms with Gasteiger partial charge in [0.1, 0.15) is 23.1 Å². The Balaban J connectivity index is 1.07. The molecule has 10 nitrogen and oxygen atoms in total. The van der Waals surface area contributed by atoms with Crippen molar-refractivity contribution in [2.75, 3.05) is 24.5 Å². The Morgan fingerprint density at radius 1 is 1.07 bits per heavy atom. The van der Waals surface area contributed by atoms with Crippen molar-refractivity contribution >= 4 is 35.3 Å². The second kappa shape index (κ2) is 12.0. The number of nitriles is 1. The Morgan fingerprint density at radius 2 is 1.89 bits per heavy atom. The van der Waals surface area contributed by atoms with E-state index in [2.05, 4.69) is 22.0 Å². The average molecular weight is 611 g/mol. The lowest BCUT2D eigenvalue weighted by molar-refractivity contribution is -0.129. The summed E-state index contributed by atoms with van der Waals surface area (Å²) in [6.07, 6.45) is 6.06. The molecule has 4 atom stereocenters. The third-order valence-corrected chi connectivity index (χ3v) is 10.2. The lowest BCUT2D eigenvalue weighted by Gasteiger charge is -2.45. The SMILES string of the molecule is N#C/C(=C\C1CC1)C(=O)N1CCC[C@H](NC(=O)C2=C3NC(=O)N(c4cccc(Oc5ccccc5)c4)C4CCNC(S2)C34)C1. The minimum absolute atomic E-state index is 0.0495. The first-order valence-electron chi connectivity index (χ1n) is 15.3. The second-order valence-corrected chi connectivity index (χ2v) is 13.1. The molecule has 3 N–H and O–H groups in total. The van der Waals surface area contributed by atoms with E-state index in [1.165, 1.54) is 11.8 Å². The fourth-order valence-electron chi connectivity index (χ4n) is 6.60. The molecule has 2 aromatic rings. The van der Waals surface area contributed by atoms with E-state index < -0.39 is 0 Å². The number of nitrogens with one attached hydrogen (secondary N) is 3. The maximum Gasteiger partial charge on any atom is 0.326 e. The number of anilines is 1. The van der Waals surface area contributed by atoms with Crippen LogP contribution in [0.2, 0.25) is 0 Å². The number of thioether (sulfide) groups is 1. The molecule has 1 saturated carbocycles. The second-order valence-electron chi connectivity index (χ2n) is 11.9. The highest BCUT2D eigenvalue weighted by atomic mass is 32.2. The lowest BCUT2D eigenvalue weighted by atomic mass is 9.86. The van der Waals surface area contributed by atoms with Gasteiger partial charge in [0, 0.05) is 42.5 Å². The van der Waals surface area contributed by atoms with Crippen LogP contribution in [-0.2, 0) is 9.59 Å². The molecule has 226 valence electrons. The number of amides is 4. The van der Waals surface area contributed by atoms with Crippen LogP contribution >= 0.6 is 11.8 Å². The van der Waals surface area contributed by atoms with Crippen molar-refractivity contribution in [3.8, 4) is 17.6 Å². The number of likely N-dealkylation sites (tertiary alicyclic amines) is 1. The summed E-state index contributed by atoms with van der Waals surface area (Å²) in [5.74, 6) is 1.11. The fraction of sp³-hybridized carbons (Fsp3) is 0.394. The van der Waals surface area contributed by atoms with Crippen LogP contribution in [0.1, 0.15) is 32.1 Å². The quantitative estimate of drug-likeness (QED) is 0.316. The van der Waals surface area contributed by atoms with Gasteiger partial charge in [-0.3, -0.25) is 14.5 Å². The zero-order valence-electron chi connectivity index (χ0n) is 24.2. The van der Waals surface area contributed by atoms with Gasteiger partial charge in [-0.15, -0.1) is 0 Å². The van der Waals surface area contributed by atoms with Crippen molar-refractivity contribution in [2.45, 2.75) is 49.6 Å². The zero-order chi connectivity index (χ0) is 30.2. The highest BCUT2D eigenvalue weighted by Crippen LogP contribution is 2.48. The van der Waals surface area contributed by atoms with Gasteiger partial charge < -0.3 is 25.6 Å². The number of allylic oxidation sites excluding steroid dienone is 1. The standard InChI is InChI=1S/C33H34N6O4S/c34-18-21(16-20-11-12-20)32(41)38-15-5-6-22(19-38)36-30(40)29-28-27-26(13-14-35-31(27)44-29)39(33(42)37-28)23-7-4-10-25(17-23)43-24-8-2-1-3-9-24/h1-4,7-10,16-17,20,22,26-27,31,35H,5-6,11-15,19H2,(H,36,40)(H,37,42)/b21-16+/t22-,26?,27?,31?/m0/s1. The van der Waals surface area contributed by atoms with Gasteiger partial charge in [0.05, 0.1) is 16.3 Å². The van der Waals surface area contributed by atoms with Crippen molar-refractivity contribution in [1.29, 1.82) is 5.26 Å². The minimum atomic E-state index is -0.271. The van der Waals surface area contributed by atoms with E-state index in [0.29, 0.717) is 41.1 Å². The van der Waals surface area contributed by atoms with Gasteiger partial charge in [-0.1, -0.05) is 42.1 Å². The van der Waals surface area contributed by atoms with Crippen molar-refractivity contribution in [3.05, 3.63) is 76.8 Å². The summed E-state index contributed by atoms with van der Waals surface area (Å²) in [6, 6.07) is 18.5. The number of rotatable bonds is 7. The summed E-state index contributed by atoms with van der Waals surface area (Å²) in [7, 11) is 0. The summed E-state index contributed by atoms with van der Waals surface area (Å²) >= 11 is 1.46. The Morgan fingerprint density at radius 3 is 2.68 bits per heavy atom. The Hall–Kier alpha value is -4.27. The summed E-state index contributed by atoms with van der Waals surface area (Å²) in [5, 5.41) is 19.2. The van der Waals surface area contributed by atoms with Crippen LogP contribution in [-0.4, -0.2) is 59.8 Å². The maximum atomic E-state index is 13.7. The van der Waals surface area contributed by atoms with Gasteiger partial charge in [-0.2, -0.15) is 5.26 Å². The molecule has 7 rings (SSSR count). The number of carbonyl (C=O) groups is 3. The van der Waals surface area contributed by atoms with Crippen LogP contribution in [0.25, 0.3) is 0 Å². The molecule has 4 amide bonds. The third kappa shape index (κ3) is 5.67. The van der Waals surface area contributed by atoms with Crippen molar-refractivity contribution < 1.29 is 19.1 Å². The number of urea groups is 1. The number of nitrogens with zero attached hydrogens (tertiary/aromatic N) is 3. The van der Waals surface area contributed by atoms with E-state index in [4.69, 9.17) is 4.74 Å². The molecular weight excluding hydrogens is 576 g/mol. The van der Waals surface area contributed by atoms with E-state index in [9.17, 15) is 19.6 Å². The topological polar surface area (TPSA) is 127 Å². The highest BCUT2D eigenvalue weighted by Gasteiger charge is 2.52. The van der Waals surface area contributed by atoms with E-state index in [0.717, 1.165) is 44.3 Å². The summed E-state index contributed by atoms with van der Waals surface area (Å²) < 4.78 is 6.04. The molecule has 0 radical (unpaired) electrons. The molecule has 0 aromatic heterocycles. The number of piperidine rings is 2. The van der Waals surface area contributed by atoms with Gasteiger partial charge in [-0.05, 0) is 68.8 Å². The largest absolute Gasteiger partial charge is 0.457 e. The number of benzene rings is 2. The summed E-state index contributed by atoms with van der Waals surface area (Å²) in [4.78, 5) is 44.4. The minimum Gasteiger partial charge on any atom is -0.457 e. The smallest absolute Gasteiger partial charge is 0.326 e. The highest BCUT2D eigenvalue weighted by molar-refractivity contribution is 8.04. The molecule has 0 spiro atoms. The molecule has 4 heterocycles. The van der Waals surface area contributed by atoms with Gasteiger partial charge in [-0.25, -0.2) is 4.79 Å². The number of carbonyl (C=O) groups excluding carboxylic acids is 3. The van der Waals surface area contributed by atoms with Crippen LogP contribution in [0.4, 0.5) is 10.5 Å². The Kier molecular flexibility index (Phi) is 7.78. The number of ether oxygens (including phenoxy) is 1. The van der Waals surface area contributed by atoms with E-state index in [1.54, 1.807) is 15.9 Å². The summed E-state index contributed by atoms with van der Waals surface area (Å²) in [5.41, 5.74) is 1.60. The van der Waals surface area contributed by atoms with Gasteiger partial charge in [0.15, 0.2) is 0 Å². The molecule has 3 saturated heterocycles. The molecule has 4 fully saturated rings. The molecule has 2 aromatic carbocycles. The third-order valence-electron chi connectivity index (χ3n) is 8.84. The molecular formula is C33H34N6O4S. The van der Waals surface area contributed by atoms with Crippen LogP contribution in [0, 0.1) is 23.2 Å². The molecule has 11 heteroatoms. The van der Waals surface area contributed by atoms with Crippen molar-refractivity contribution in [1.82, 2.24) is 20.9 Å². The first-order valence-corrected chi connectivity index (χ1v) is 16.2. The van der Waals surface area contributed by atoms with Gasteiger partial charge in [0.25, 0.3) is 11.8 Å². The monoisotopic (exact) mass is 610 g/mol.